The Hall–Kier alpha value is -2.18. The molecule has 0 bridgehead atoms. The minimum absolute atomic E-state index is 0.472. The number of nitro groups is 1. The second-order valence-corrected chi connectivity index (χ2v) is 2.48. The molecule has 14 heavy (non-hydrogen) atoms. The third kappa shape index (κ3) is 1.76. The molecule has 0 radical (unpaired) electrons. The second kappa shape index (κ2) is 3.69. The molecule has 0 saturated carbocycles. The van der Waals surface area contributed by atoms with Crippen LogP contribution < -0.4 is 5.32 Å². The average Bonchev–Trinajstić information content (AvgIpc) is 2.16. The van der Waals surface area contributed by atoms with E-state index in [1.54, 1.807) is 0 Å². The van der Waals surface area contributed by atoms with E-state index in [0.717, 1.165) is 6.08 Å². The molecule has 7 nitrogen and oxygen atoms in total. The molecule has 0 amide bonds. The first-order chi connectivity index (χ1) is 6.54. The van der Waals surface area contributed by atoms with Crippen molar-refractivity contribution in [2.24, 2.45) is 0 Å². The molecular weight excluding hydrogens is 192 g/mol. The summed E-state index contributed by atoms with van der Waals surface area (Å²) in [6, 6.07) is -1.41. The van der Waals surface area contributed by atoms with Crippen molar-refractivity contribution in [1.82, 2.24) is 5.32 Å². The quantitative estimate of drug-likeness (QED) is 0.352. The van der Waals surface area contributed by atoms with E-state index in [0.29, 0.717) is 0 Å². The number of allylic oxidation sites excluding steroid dienone is 2. The first-order valence-electron chi connectivity index (χ1n) is 3.58. The molecule has 74 valence electrons. The highest BCUT2D eigenvalue weighted by Gasteiger charge is 2.35. The molecule has 0 aromatic rings. The molecule has 0 fully saturated rings. The van der Waals surface area contributed by atoms with E-state index in [4.69, 9.17) is 5.11 Å². The number of nitrogens with zero attached hydrogens (tertiary/aromatic N) is 1. The Labute approximate surface area is 77.9 Å². The molecule has 1 heterocycles. The molecule has 1 rings (SSSR count). The van der Waals surface area contributed by atoms with Crippen LogP contribution in [0.25, 0.3) is 0 Å². The van der Waals surface area contributed by atoms with Gasteiger partial charge in [0.2, 0.25) is 0 Å². The van der Waals surface area contributed by atoms with Gasteiger partial charge in [0.25, 0.3) is 11.5 Å². The van der Waals surface area contributed by atoms with Gasteiger partial charge in [0.15, 0.2) is 6.04 Å². The zero-order chi connectivity index (χ0) is 10.7. The molecule has 0 aliphatic carbocycles. The molecule has 1 atom stereocenters. The van der Waals surface area contributed by atoms with Crippen molar-refractivity contribution in [3.8, 4) is 0 Å². The van der Waals surface area contributed by atoms with Gasteiger partial charge < -0.3 is 10.4 Å². The van der Waals surface area contributed by atoms with Crippen molar-refractivity contribution in [2.75, 3.05) is 0 Å². The molecule has 0 saturated heterocycles. The molecule has 1 aliphatic heterocycles. The van der Waals surface area contributed by atoms with E-state index in [-0.39, 0.29) is 0 Å². The minimum atomic E-state index is -1.70. The summed E-state index contributed by atoms with van der Waals surface area (Å²) in [5.41, 5.74) is -0.472. The lowest BCUT2D eigenvalue weighted by Crippen LogP contribution is -2.42. The number of aliphatic carboxylic acids is 1. The summed E-state index contributed by atoms with van der Waals surface area (Å²) in [6.07, 6.45) is 3.68. The van der Waals surface area contributed by atoms with Gasteiger partial charge in [-0.25, -0.2) is 4.79 Å². The Morgan fingerprint density at radius 3 is 2.71 bits per heavy atom. The van der Waals surface area contributed by atoms with Gasteiger partial charge in [-0.3, -0.25) is 14.9 Å². The van der Waals surface area contributed by atoms with Crippen LogP contribution in [0.1, 0.15) is 0 Å². The number of carbonyl (C=O) groups is 2. The standard InChI is InChI=1S/C7H6N2O5/c10-6(7(11)12)5-4(9(13)14)2-1-3-8-5/h1-3,5,8H,(H,11,12). The van der Waals surface area contributed by atoms with Crippen LogP contribution in [0.3, 0.4) is 0 Å². The molecule has 1 aliphatic rings. The van der Waals surface area contributed by atoms with Gasteiger partial charge in [-0.2, -0.15) is 0 Å². The van der Waals surface area contributed by atoms with Gasteiger partial charge in [-0.1, -0.05) is 0 Å². The van der Waals surface area contributed by atoms with Crippen LogP contribution in [0.4, 0.5) is 0 Å². The summed E-state index contributed by atoms with van der Waals surface area (Å²) in [4.78, 5) is 30.9. The average molecular weight is 198 g/mol. The smallest absolute Gasteiger partial charge is 0.375 e. The number of ketones is 1. The third-order valence-corrected chi connectivity index (χ3v) is 1.61. The summed E-state index contributed by atoms with van der Waals surface area (Å²) in [6.45, 7) is 0. The van der Waals surface area contributed by atoms with Crippen LogP contribution in [0.5, 0.6) is 0 Å². The van der Waals surface area contributed by atoms with Gasteiger partial charge in [0, 0.05) is 6.08 Å². The predicted molar refractivity (Wildman–Crippen MR) is 43.8 cm³/mol. The summed E-state index contributed by atoms with van der Waals surface area (Å²) in [5, 5.41) is 21.1. The van der Waals surface area contributed by atoms with E-state index < -0.39 is 28.4 Å². The largest absolute Gasteiger partial charge is 0.475 e. The lowest BCUT2D eigenvalue weighted by molar-refractivity contribution is -0.428. The Balaban J connectivity index is 2.95. The summed E-state index contributed by atoms with van der Waals surface area (Å²) in [5.74, 6) is -2.96. The Bertz CT molecular complexity index is 357. The first-order valence-corrected chi connectivity index (χ1v) is 3.58. The topological polar surface area (TPSA) is 110 Å². The minimum Gasteiger partial charge on any atom is -0.475 e. The second-order valence-electron chi connectivity index (χ2n) is 2.48. The van der Waals surface area contributed by atoms with Crippen LogP contribution >= 0.6 is 0 Å². The number of nitrogens with one attached hydrogen (secondary N) is 1. The highest BCUT2D eigenvalue weighted by atomic mass is 16.6. The maximum absolute atomic E-state index is 11.0. The monoisotopic (exact) mass is 198 g/mol. The highest BCUT2D eigenvalue weighted by molar-refractivity contribution is 6.35. The van der Waals surface area contributed by atoms with Crippen molar-refractivity contribution in [1.29, 1.82) is 0 Å². The Morgan fingerprint density at radius 2 is 2.21 bits per heavy atom. The predicted octanol–water partition coefficient (Wildman–Crippen LogP) is -0.714. The molecule has 1 unspecified atom stereocenters. The maximum Gasteiger partial charge on any atom is 0.375 e. The fraction of sp³-hybridized carbons (Fsp3) is 0.143. The maximum atomic E-state index is 11.0. The van der Waals surface area contributed by atoms with Gasteiger partial charge in [-0.05, 0) is 12.3 Å². The summed E-state index contributed by atoms with van der Waals surface area (Å²) in [7, 11) is 0. The number of carbonyl (C=O) groups excluding carboxylic acids is 1. The zero-order valence-corrected chi connectivity index (χ0v) is 6.84. The van der Waals surface area contributed by atoms with E-state index >= 15 is 0 Å². The number of rotatable bonds is 3. The summed E-state index contributed by atoms with van der Waals surface area (Å²) >= 11 is 0. The molecule has 0 aromatic heterocycles. The lowest BCUT2D eigenvalue weighted by Gasteiger charge is -2.13. The molecule has 7 heteroatoms. The fourth-order valence-electron chi connectivity index (χ4n) is 0.980. The fourth-order valence-corrected chi connectivity index (χ4v) is 0.980. The van der Waals surface area contributed by atoms with Gasteiger partial charge in [-0.15, -0.1) is 0 Å². The van der Waals surface area contributed by atoms with Crippen LogP contribution in [0.15, 0.2) is 24.0 Å². The molecule has 2 N–H and O–H groups in total. The molecule has 0 spiro atoms. The Kier molecular flexibility index (Phi) is 2.61. The van der Waals surface area contributed by atoms with E-state index in [1.807, 2.05) is 0 Å². The van der Waals surface area contributed by atoms with Crippen molar-refractivity contribution in [3.63, 3.8) is 0 Å². The third-order valence-electron chi connectivity index (χ3n) is 1.61. The van der Waals surface area contributed by atoms with Crippen LogP contribution in [0.2, 0.25) is 0 Å². The zero-order valence-electron chi connectivity index (χ0n) is 6.84. The molecule has 0 aromatic carbocycles. The summed E-state index contributed by atoms with van der Waals surface area (Å²) < 4.78 is 0. The van der Waals surface area contributed by atoms with Crippen molar-refractivity contribution in [2.45, 2.75) is 6.04 Å². The van der Waals surface area contributed by atoms with Crippen LogP contribution in [-0.2, 0) is 9.59 Å². The lowest BCUT2D eigenvalue weighted by atomic mass is 10.1. The number of dihydropyridines is 1. The number of carboxylic acid groups (broad SMARTS) is 1. The Morgan fingerprint density at radius 1 is 1.57 bits per heavy atom. The first kappa shape index (κ1) is 9.90. The number of hydrogen-bond donors (Lipinski definition) is 2. The van der Waals surface area contributed by atoms with E-state index in [2.05, 4.69) is 5.32 Å². The highest BCUT2D eigenvalue weighted by Crippen LogP contribution is 2.09. The normalized spacial score (nSPS) is 19.4. The van der Waals surface area contributed by atoms with Crippen molar-refractivity contribution >= 4 is 11.8 Å². The number of carboxylic acids is 1. The molecular formula is C7H6N2O5. The van der Waals surface area contributed by atoms with Crippen molar-refractivity contribution < 1.29 is 19.6 Å². The van der Waals surface area contributed by atoms with Crippen molar-refractivity contribution in [3.05, 3.63) is 34.2 Å². The van der Waals surface area contributed by atoms with Gasteiger partial charge in [0.1, 0.15) is 0 Å². The van der Waals surface area contributed by atoms with Crippen LogP contribution in [-0.4, -0.2) is 27.8 Å². The van der Waals surface area contributed by atoms with Gasteiger partial charge in [0.05, 0.1) is 4.92 Å². The van der Waals surface area contributed by atoms with Crippen LogP contribution in [0, 0.1) is 10.1 Å². The van der Waals surface area contributed by atoms with E-state index in [1.165, 1.54) is 12.3 Å². The number of Topliss-reactive ketones (excluding diaryl/α,β-unsaturated/α-hetero) is 1. The van der Waals surface area contributed by atoms with Gasteiger partial charge >= 0.3 is 5.97 Å². The SMILES string of the molecule is O=C(O)C(=O)C1NC=CC=C1[N+](=O)[O-]. The van der Waals surface area contributed by atoms with E-state index in [9.17, 15) is 19.7 Å². The number of hydrogen-bond acceptors (Lipinski definition) is 5.